The third-order valence-corrected chi connectivity index (χ3v) is 4.98. The number of hydrogen-bond acceptors (Lipinski definition) is 6. The molecule has 3 aromatic rings. The Bertz CT molecular complexity index is 1090. The van der Waals surface area contributed by atoms with Crippen LogP contribution in [0.3, 0.4) is 0 Å². The van der Waals surface area contributed by atoms with Gasteiger partial charge in [0.1, 0.15) is 18.2 Å². The van der Waals surface area contributed by atoms with Gasteiger partial charge in [0, 0.05) is 5.56 Å². The first-order valence-electron chi connectivity index (χ1n) is 9.24. The number of carbonyl (C=O) groups excluding carboxylic acids is 1. The van der Waals surface area contributed by atoms with Crippen LogP contribution in [0, 0.1) is 5.82 Å². The van der Waals surface area contributed by atoms with E-state index in [4.69, 9.17) is 9.47 Å². The number of aliphatic imine (C=N–C) groups is 1. The van der Waals surface area contributed by atoms with Gasteiger partial charge in [-0.2, -0.15) is 5.48 Å². The van der Waals surface area contributed by atoms with E-state index in [1.807, 2.05) is 54.6 Å². The molecule has 1 aliphatic heterocycles. The summed E-state index contributed by atoms with van der Waals surface area (Å²) in [4.78, 5) is 19.7. The number of halogens is 1. The molecule has 0 radical (unpaired) electrons. The molecule has 1 atom stereocenters. The van der Waals surface area contributed by atoms with Gasteiger partial charge < -0.3 is 14.3 Å². The van der Waals surface area contributed by atoms with Crippen molar-refractivity contribution in [3.05, 3.63) is 89.7 Å². The average Bonchev–Trinajstić information content (AvgIpc) is 3.24. The smallest absolute Gasteiger partial charge is 0.320 e. The lowest BCUT2D eigenvalue weighted by molar-refractivity contribution is -0.132. The maximum Gasteiger partial charge on any atom is 0.320 e. The summed E-state index contributed by atoms with van der Waals surface area (Å²) in [6.45, 7) is 0.437. The topological polar surface area (TPSA) is 69.2 Å². The van der Waals surface area contributed by atoms with Crippen LogP contribution in [0.1, 0.15) is 11.1 Å². The van der Waals surface area contributed by atoms with E-state index in [-0.39, 0.29) is 24.9 Å². The van der Waals surface area contributed by atoms with Gasteiger partial charge in [-0.15, -0.1) is 0 Å². The third-order valence-electron chi connectivity index (χ3n) is 4.98. The highest BCUT2D eigenvalue weighted by molar-refractivity contribution is 5.77. The molecule has 1 aliphatic rings. The number of rotatable bonds is 6. The van der Waals surface area contributed by atoms with E-state index in [2.05, 4.69) is 15.3 Å². The van der Waals surface area contributed by atoms with Crippen LogP contribution in [0.5, 0.6) is 5.75 Å². The fourth-order valence-electron chi connectivity index (χ4n) is 3.51. The normalized spacial score (nSPS) is 17.6. The van der Waals surface area contributed by atoms with E-state index < -0.39 is 5.54 Å². The van der Waals surface area contributed by atoms with Crippen molar-refractivity contribution in [2.75, 3.05) is 13.7 Å². The lowest BCUT2D eigenvalue weighted by Crippen LogP contribution is -2.27. The molecule has 4 rings (SSSR count). The molecule has 1 unspecified atom stereocenters. The number of carbonyl (C=O) groups is 1. The number of amidine groups is 1. The fourth-order valence-corrected chi connectivity index (χ4v) is 3.51. The molecule has 0 aromatic heterocycles. The summed E-state index contributed by atoms with van der Waals surface area (Å²) in [6, 6.07) is 21.8. The zero-order chi connectivity index (χ0) is 21.0. The van der Waals surface area contributed by atoms with Crippen molar-refractivity contribution < 1.29 is 23.5 Å². The van der Waals surface area contributed by atoms with Gasteiger partial charge in [0.05, 0.1) is 7.11 Å². The Morgan fingerprint density at radius 1 is 1.07 bits per heavy atom. The number of hydrogen-bond donors (Lipinski definition) is 1. The maximum absolute atomic E-state index is 14.6. The highest BCUT2D eigenvalue weighted by Crippen LogP contribution is 2.39. The van der Waals surface area contributed by atoms with E-state index >= 15 is 0 Å². The largest absolute Gasteiger partial charge is 0.497 e. The van der Waals surface area contributed by atoms with Gasteiger partial charge in [-0.1, -0.05) is 48.5 Å². The first-order valence-corrected chi connectivity index (χ1v) is 9.24. The van der Waals surface area contributed by atoms with Crippen molar-refractivity contribution in [3.8, 4) is 16.9 Å². The molecule has 0 spiro atoms. The molecule has 0 bridgehead atoms. The van der Waals surface area contributed by atoms with E-state index in [0.717, 1.165) is 11.1 Å². The average molecular weight is 406 g/mol. The predicted molar refractivity (Wildman–Crippen MR) is 109 cm³/mol. The van der Waals surface area contributed by atoms with Crippen molar-refractivity contribution in [3.63, 3.8) is 0 Å². The molecule has 1 N–H and O–H groups in total. The second-order valence-corrected chi connectivity index (χ2v) is 6.67. The number of ether oxygens (including phenoxy) is 2. The van der Waals surface area contributed by atoms with Gasteiger partial charge >= 0.3 is 12.5 Å². The monoisotopic (exact) mass is 406 g/mol. The molecule has 1 heterocycles. The van der Waals surface area contributed by atoms with Gasteiger partial charge in [0.25, 0.3) is 0 Å². The van der Waals surface area contributed by atoms with Crippen LogP contribution in [0.4, 0.5) is 4.39 Å². The molecule has 152 valence electrons. The molecule has 0 fully saturated rings. The van der Waals surface area contributed by atoms with Gasteiger partial charge in [0.15, 0.2) is 5.54 Å². The second-order valence-electron chi connectivity index (χ2n) is 6.67. The highest BCUT2D eigenvalue weighted by Gasteiger charge is 2.41. The fraction of sp³-hybridized carbons (Fsp3) is 0.130. The highest BCUT2D eigenvalue weighted by atomic mass is 19.1. The first-order chi connectivity index (χ1) is 14.7. The molecule has 0 amide bonds. The van der Waals surface area contributed by atoms with Gasteiger partial charge in [-0.05, 0) is 41.0 Å². The lowest BCUT2D eigenvalue weighted by atomic mass is 9.83. The molecule has 6 nitrogen and oxygen atoms in total. The molecular formula is C23H19FN2O4. The second kappa shape index (κ2) is 8.24. The maximum atomic E-state index is 14.6. The summed E-state index contributed by atoms with van der Waals surface area (Å²) in [6.07, 6.45) is 0. The van der Waals surface area contributed by atoms with Crippen molar-refractivity contribution >= 4 is 12.5 Å². The van der Waals surface area contributed by atoms with Crippen LogP contribution in [0.2, 0.25) is 0 Å². The van der Waals surface area contributed by atoms with Crippen molar-refractivity contribution in [2.24, 2.45) is 4.99 Å². The summed E-state index contributed by atoms with van der Waals surface area (Å²) in [5.41, 5.74) is 4.28. The minimum Gasteiger partial charge on any atom is -0.497 e. The van der Waals surface area contributed by atoms with Crippen LogP contribution < -0.4 is 10.2 Å². The number of benzene rings is 3. The zero-order valence-electron chi connectivity index (χ0n) is 16.2. The van der Waals surface area contributed by atoms with Gasteiger partial charge in [-0.25, -0.2) is 9.38 Å². The number of hydroxylamine groups is 1. The quantitative estimate of drug-likeness (QED) is 0.498. The summed E-state index contributed by atoms with van der Waals surface area (Å²) in [5, 5.41) is 0. The molecule has 30 heavy (non-hydrogen) atoms. The summed E-state index contributed by atoms with van der Waals surface area (Å²) < 4.78 is 25.4. The number of nitrogens with zero attached hydrogens (tertiary/aromatic N) is 1. The lowest BCUT2D eigenvalue weighted by Gasteiger charge is -2.25. The minimum absolute atomic E-state index is 0.0870. The summed E-state index contributed by atoms with van der Waals surface area (Å²) in [5.74, 6) is 0.212. The van der Waals surface area contributed by atoms with E-state index in [1.165, 1.54) is 6.07 Å². The van der Waals surface area contributed by atoms with Crippen LogP contribution in [-0.4, -0.2) is 26.2 Å². The van der Waals surface area contributed by atoms with Crippen LogP contribution in [0.25, 0.3) is 11.1 Å². The summed E-state index contributed by atoms with van der Waals surface area (Å²) in [7, 11) is 1.54. The SMILES string of the molecule is COc1ccc(F)c(-c2cccc(C3(c4ccccc4)COC(NOC=O)=N3)c2)c1. The Morgan fingerprint density at radius 3 is 2.63 bits per heavy atom. The standard InChI is InChI=1S/C23H19FN2O4/c1-28-19-10-11-21(24)20(13-19)16-6-5-9-18(12-16)23(17-7-3-2-4-8-17)14-29-22(25-23)26-30-15-27/h2-13,15H,14H2,1H3,(H,25,26). The Hall–Kier alpha value is -3.87. The van der Waals surface area contributed by atoms with Crippen molar-refractivity contribution in [2.45, 2.75) is 5.54 Å². The summed E-state index contributed by atoms with van der Waals surface area (Å²) >= 11 is 0. The Labute approximate surface area is 172 Å². The molecule has 3 aromatic carbocycles. The predicted octanol–water partition coefficient (Wildman–Crippen LogP) is 3.81. The molecule has 0 saturated heterocycles. The Balaban J connectivity index is 1.83. The molecule has 0 saturated carbocycles. The Morgan fingerprint density at radius 2 is 1.87 bits per heavy atom. The van der Waals surface area contributed by atoms with E-state index in [9.17, 15) is 9.18 Å². The third kappa shape index (κ3) is 3.57. The van der Waals surface area contributed by atoms with Crippen molar-refractivity contribution in [1.29, 1.82) is 0 Å². The first kappa shape index (κ1) is 19.4. The molecule has 7 heteroatoms. The van der Waals surface area contributed by atoms with Crippen LogP contribution >= 0.6 is 0 Å². The van der Waals surface area contributed by atoms with Crippen LogP contribution in [-0.2, 0) is 19.9 Å². The van der Waals surface area contributed by atoms with Crippen LogP contribution in [0.15, 0.2) is 77.8 Å². The molecular weight excluding hydrogens is 387 g/mol. The Kier molecular flexibility index (Phi) is 5.34. The molecule has 0 aliphatic carbocycles. The van der Waals surface area contributed by atoms with Crippen molar-refractivity contribution in [1.82, 2.24) is 5.48 Å². The van der Waals surface area contributed by atoms with Gasteiger partial charge in [0.2, 0.25) is 0 Å². The number of nitrogens with one attached hydrogen (secondary N) is 1. The van der Waals surface area contributed by atoms with E-state index in [0.29, 0.717) is 16.9 Å². The van der Waals surface area contributed by atoms with Gasteiger partial charge in [-0.3, -0.25) is 4.79 Å². The number of methoxy groups -OCH3 is 1. The minimum atomic E-state index is -0.888. The van der Waals surface area contributed by atoms with E-state index in [1.54, 1.807) is 19.2 Å². The zero-order valence-corrected chi connectivity index (χ0v) is 16.2.